The fourth-order valence-corrected chi connectivity index (χ4v) is 2.75. The number of hydrogen-bond donors (Lipinski definition) is 2. The third-order valence-corrected chi connectivity index (χ3v) is 4.11. The van der Waals surface area contributed by atoms with E-state index in [1.165, 1.54) is 0 Å². The summed E-state index contributed by atoms with van der Waals surface area (Å²) in [4.78, 5) is 15.0. The topological polar surface area (TPSA) is 67.6 Å². The minimum Gasteiger partial charge on any atom is -0.392 e. The highest BCUT2D eigenvalue weighted by atomic mass is 32.1. The maximum atomic E-state index is 12.6. The van der Waals surface area contributed by atoms with Crippen LogP contribution < -0.4 is 11.1 Å². The zero-order valence-electron chi connectivity index (χ0n) is 13.9. The highest BCUT2D eigenvalue weighted by molar-refractivity contribution is 7.80. The van der Waals surface area contributed by atoms with E-state index in [2.05, 4.69) is 24.1 Å². The lowest BCUT2D eigenvalue weighted by molar-refractivity contribution is -0.128. The molecule has 21 heavy (non-hydrogen) atoms. The Balaban J connectivity index is 4.51. The number of amides is 1. The summed E-state index contributed by atoms with van der Waals surface area (Å²) >= 11 is 5.19. The molecule has 3 N–H and O–H groups in total. The van der Waals surface area contributed by atoms with Gasteiger partial charge in [0.2, 0.25) is 5.91 Å². The van der Waals surface area contributed by atoms with Crippen LogP contribution in [0.2, 0.25) is 0 Å². The fourth-order valence-electron chi connectivity index (χ4n) is 2.45. The van der Waals surface area contributed by atoms with E-state index >= 15 is 0 Å². The van der Waals surface area contributed by atoms with E-state index in [1.807, 2.05) is 7.05 Å². The van der Waals surface area contributed by atoms with Gasteiger partial charge in [0.1, 0.15) is 0 Å². The molecule has 6 heteroatoms. The van der Waals surface area contributed by atoms with Crippen molar-refractivity contribution in [3.05, 3.63) is 0 Å². The second-order valence-electron chi connectivity index (χ2n) is 5.50. The number of nitrogens with zero attached hydrogens (tertiary/aromatic N) is 1. The predicted octanol–water partition coefficient (Wildman–Crippen LogP) is 1.55. The minimum absolute atomic E-state index is 0.0289. The van der Waals surface area contributed by atoms with Crippen LogP contribution in [0.25, 0.3) is 0 Å². The summed E-state index contributed by atoms with van der Waals surface area (Å²) in [6, 6.07) is 0. The maximum Gasteiger partial charge on any atom is 0.233 e. The van der Waals surface area contributed by atoms with Crippen LogP contribution in [0.15, 0.2) is 0 Å². The lowest BCUT2D eigenvalue weighted by Gasteiger charge is -2.31. The van der Waals surface area contributed by atoms with Crippen LogP contribution in [-0.2, 0) is 9.53 Å². The van der Waals surface area contributed by atoms with Gasteiger partial charge in [-0.3, -0.25) is 4.79 Å². The Kier molecular flexibility index (Phi) is 10.6. The van der Waals surface area contributed by atoms with Crippen LogP contribution >= 0.6 is 12.2 Å². The van der Waals surface area contributed by atoms with Crippen LogP contribution in [0.1, 0.15) is 39.5 Å². The lowest BCUT2D eigenvalue weighted by Crippen LogP contribution is -2.50. The van der Waals surface area contributed by atoms with Crippen molar-refractivity contribution in [2.75, 3.05) is 40.4 Å². The second-order valence-corrected chi connectivity index (χ2v) is 5.94. The average Bonchev–Trinajstić information content (AvgIpc) is 2.44. The van der Waals surface area contributed by atoms with Crippen LogP contribution in [0.3, 0.4) is 0 Å². The molecule has 0 bridgehead atoms. The number of carbonyl (C=O) groups is 1. The van der Waals surface area contributed by atoms with E-state index in [0.29, 0.717) is 31.0 Å². The van der Waals surface area contributed by atoms with Crippen molar-refractivity contribution in [3.8, 4) is 0 Å². The number of carbonyl (C=O) groups excluding carboxylic acids is 1. The maximum absolute atomic E-state index is 12.6. The van der Waals surface area contributed by atoms with Crippen molar-refractivity contribution in [2.45, 2.75) is 39.5 Å². The highest BCUT2D eigenvalue weighted by Crippen LogP contribution is 2.30. The number of nitrogens with two attached hydrogens (primary N) is 1. The van der Waals surface area contributed by atoms with E-state index < -0.39 is 5.41 Å². The summed E-state index contributed by atoms with van der Waals surface area (Å²) in [6.07, 6.45) is 3.19. The second kappa shape index (κ2) is 10.9. The molecule has 0 saturated heterocycles. The third-order valence-electron chi connectivity index (χ3n) is 3.72. The smallest absolute Gasteiger partial charge is 0.233 e. The first-order chi connectivity index (χ1) is 9.94. The molecule has 124 valence electrons. The van der Waals surface area contributed by atoms with E-state index in [-0.39, 0.29) is 5.91 Å². The molecule has 0 aromatic carbocycles. The number of thiocarbonyl (C=S) groups is 1. The number of likely N-dealkylation sites (N-methyl/N-ethyl adjacent to an activating group) is 1. The first-order valence-electron chi connectivity index (χ1n) is 7.70. The molecule has 0 aliphatic heterocycles. The summed E-state index contributed by atoms with van der Waals surface area (Å²) in [6.45, 7) is 7.00. The quantitative estimate of drug-likeness (QED) is 0.535. The first-order valence-corrected chi connectivity index (χ1v) is 8.11. The molecule has 0 spiro atoms. The van der Waals surface area contributed by atoms with Gasteiger partial charge in [-0.2, -0.15) is 0 Å². The molecule has 0 aromatic heterocycles. The van der Waals surface area contributed by atoms with Gasteiger partial charge < -0.3 is 20.7 Å². The van der Waals surface area contributed by atoms with E-state index in [9.17, 15) is 4.79 Å². The van der Waals surface area contributed by atoms with Crippen molar-refractivity contribution < 1.29 is 9.53 Å². The molecule has 0 aliphatic carbocycles. The molecule has 0 fully saturated rings. The summed E-state index contributed by atoms with van der Waals surface area (Å²) < 4.78 is 5.03. The van der Waals surface area contributed by atoms with Crippen LogP contribution in [-0.4, -0.2) is 56.2 Å². The third kappa shape index (κ3) is 6.72. The highest BCUT2D eigenvalue weighted by Gasteiger charge is 2.39. The lowest BCUT2D eigenvalue weighted by atomic mass is 9.78. The summed E-state index contributed by atoms with van der Waals surface area (Å²) in [5.41, 5.74) is 5.20. The molecule has 0 rings (SSSR count). The summed E-state index contributed by atoms with van der Waals surface area (Å²) in [7, 11) is 3.69. The van der Waals surface area contributed by atoms with Gasteiger partial charge in [-0.05, 0) is 19.9 Å². The Hall–Kier alpha value is -0.720. The average molecular weight is 317 g/mol. The molecule has 0 radical (unpaired) electrons. The van der Waals surface area contributed by atoms with E-state index in [1.54, 1.807) is 7.11 Å². The summed E-state index contributed by atoms with van der Waals surface area (Å²) in [5.74, 6) is -0.0289. The normalized spacial score (nSPS) is 11.7. The van der Waals surface area contributed by atoms with Gasteiger partial charge in [-0.15, -0.1) is 0 Å². The zero-order valence-corrected chi connectivity index (χ0v) is 14.7. The van der Waals surface area contributed by atoms with Gasteiger partial charge in [-0.1, -0.05) is 38.9 Å². The van der Waals surface area contributed by atoms with Crippen molar-refractivity contribution in [1.29, 1.82) is 0 Å². The largest absolute Gasteiger partial charge is 0.392 e. The predicted molar refractivity (Wildman–Crippen MR) is 91.4 cm³/mol. The van der Waals surface area contributed by atoms with Gasteiger partial charge in [0, 0.05) is 26.7 Å². The van der Waals surface area contributed by atoms with Crippen LogP contribution in [0.4, 0.5) is 0 Å². The molecule has 0 atom stereocenters. The van der Waals surface area contributed by atoms with Gasteiger partial charge in [-0.25, -0.2) is 0 Å². The number of hydrogen-bond acceptors (Lipinski definition) is 4. The fraction of sp³-hybridized carbons (Fsp3) is 0.867. The Morgan fingerprint density at radius 3 is 2.29 bits per heavy atom. The molecule has 0 unspecified atom stereocenters. The van der Waals surface area contributed by atoms with Gasteiger partial charge in [0.15, 0.2) is 0 Å². The van der Waals surface area contributed by atoms with Crippen LogP contribution in [0.5, 0.6) is 0 Å². The molecular formula is C15H31N3O2S. The van der Waals surface area contributed by atoms with E-state index in [4.69, 9.17) is 22.7 Å². The van der Waals surface area contributed by atoms with Crippen molar-refractivity contribution in [3.63, 3.8) is 0 Å². The standard InChI is InChI=1S/C15H31N3O2S/c1-5-7-15(8-6-2,13(16)21)14(19)17-9-10-18(3)11-12-20-4/h5-12H2,1-4H3,(H2,16,21)(H,17,19). The van der Waals surface area contributed by atoms with Gasteiger partial charge in [0.05, 0.1) is 17.0 Å². The van der Waals surface area contributed by atoms with Gasteiger partial charge in [0.25, 0.3) is 0 Å². The zero-order chi connectivity index (χ0) is 16.3. The van der Waals surface area contributed by atoms with Crippen molar-refractivity contribution >= 4 is 23.1 Å². The number of methoxy groups -OCH3 is 1. The molecule has 0 saturated carbocycles. The molecular weight excluding hydrogens is 286 g/mol. The molecule has 0 heterocycles. The monoisotopic (exact) mass is 317 g/mol. The minimum atomic E-state index is -0.691. The van der Waals surface area contributed by atoms with Gasteiger partial charge >= 0.3 is 0 Å². The Morgan fingerprint density at radius 2 is 1.86 bits per heavy atom. The Bertz CT molecular complexity index is 318. The number of rotatable bonds is 12. The molecule has 1 amide bonds. The van der Waals surface area contributed by atoms with Crippen molar-refractivity contribution in [1.82, 2.24) is 10.2 Å². The molecule has 0 aliphatic rings. The SMILES string of the molecule is CCCC(CCC)(C(=O)NCCN(C)CCOC)C(N)=S. The van der Waals surface area contributed by atoms with Crippen molar-refractivity contribution in [2.24, 2.45) is 11.1 Å². The molecule has 0 aromatic rings. The summed E-state index contributed by atoms with van der Waals surface area (Å²) in [5, 5.41) is 2.99. The number of nitrogens with one attached hydrogen (secondary N) is 1. The molecule has 5 nitrogen and oxygen atoms in total. The Morgan fingerprint density at radius 1 is 1.29 bits per heavy atom. The Labute approximate surface area is 134 Å². The first kappa shape index (κ1) is 20.3. The van der Waals surface area contributed by atoms with E-state index in [0.717, 1.165) is 25.9 Å². The number of ether oxygens (including phenoxy) is 1. The van der Waals surface area contributed by atoms with Crippen LogP contribution in [0, 0.1) is 5.41 Å².